The van der Waals surface area contributed by atoms with Gasteiger partial charge in [0.25, 0.3) is 5.91 Å². The van der Waals surface area contributed by atoms with Gasteiger partial charge in [-0.1, -0.05) is 13.8 Å². The number of carbonyl (C=O) groups is 2. The summed E-state index contributed by atoms with van der Waals surface area (Å²) < 4.78 is 11.0. The van der Waals surface area contributed by atoms with Crippen LogP contribution >= 0.6 is 0 Å². The van der Waals surface area contributed by atoms with Crippen molar-refractivity contribution in [3.63, 3.8) is 0 Å². The smallest absolute Gasteiger partial charge is 0.338 e. The minimum absolute atomic E-state index is 0.0102. The van der Waals surface area contributed by atoms with E-state index in [0.717, 1.165) is 0 Å². The van der Waals surface area contributed by atoms with E-state index in [9.17, 15) is 35.1 Å². The molecule has 182 valence electrons. The highest BCUT2D eigenvalue weighted by Gasteiger charge is 2.45. The van der Waals surface area contributed by atoms with E-state index in [1.807, 2.05) is 13.8 Å². The summed E-state index contributed by atoms with van der Waals surface area (Å²) in [6, 6.07) is 1.30. The van der Waals surface area contributed by atoms with Gasteiger partial charge in [-0.15, -0.1) is 0 Å². The average molecular weight is 467 g/mol. The molecule has 1 fully saturated rings. The molecule has 3 heterocycles. The van der Waals surface area contributed by atoms with Crippen LogP contribution in [0.5, 0.6) is 0 Å². The average Bonchev–Trinajstić information content (AvgIpc) is 3.09. The fraction of sp³-hybridized carbons (Fsp3) is 0.619. The van der Waals surface area contributed by atoms with Crippen LogP contribution in [0.2, 0.25) is 0 Å². The zero-order valence-electron chi connectivity index (χ0n) is 18.7. The highest BCUT2D eigenvalue weighted by atomic mass is 16.7. The SMILES string of the molecule is CC(OC1OC(CO)C(O)C(O)C1O)c1cnc(C2=NC(C)(C(C)C)C(=O)N2)c(C(=O)O)c1. The van der Waals surface area contributed by atoms with Gasteiger partial charge in [-0.05, 0) is 31.4 Å². The Hall–Kier alpha value is -2.48. The van der Waals surface area contributed by atoms with Gasteiger partial charge in [0.05, 0.1) is 18.3 Å². The van der Waals surface area contributed by atoms with Crippen molar-refractivity contribution in [2.75, 3.05) is 6.61 Å². The number of nitrogens with zero attached hydrogens (tertiary/aromatic N) is 2. The molecule has 2 aliphatic rings. The van der Waals surface area contributed by atoms with E-state index in [2.05, 4.69) is 15.3 Å². The van der Waals surface area contributed by atoms with Crippen LogP contribution in [0, 0.1) is 5.92 Å². The van der Waals surface area contributed by atoms with E-state index < -0.39 is 54.9 Å². The molecule has 1 aromatic heterocycles. The highest BCUT2D eigenvalue weighted by Crippen LogP contribution is 2.30. The molecule has 2 aliphatic heterocycles. The van der Waals surface area contributed by atoms with Crippen molar-refractivity contribution in [2.45, 2.75) is 70.0 Å². The number of rotatable bonds is 7. The number of hydrogen-bond acceptors (Lipinski definition) is 10. The number of carbonyl (C=O) groups excluding carboxylic acids is 1. The standard InChI is InChI=1S/C21H29N3O9/c1-8(2)21(4)20(31)23-17(24-21)13-11(18(29)30)5-10(6-22-13)9(3)32-19-16(28)15(27)14(26)12(7-25)33-19/h5-6,8-9,12,14-16,19,25-28H,7H2,1-4H3,(H,29,30)(H,23,24,31). The van der Waals surface area contributed by atoms with E-state index >= 15 is 0 Å². The molecule has 33 heavy (non-hydrogen) atoms. The van der Waals surface area contributed by atoms with Crippen molar-refractivity contribution in [3.8, 4) is 0 Å². The van der Waals surface area contributed by atoms with Gasteiger partial charge in [0, 0.05) is 6.20 Å². The molecule has 0 saturated carbocycles. The van der Waals surface area contributed by atoms with Gasteiger partial charge in [-0.25, -0.2) is 9.79 Å². The molecule has 12 nitrogen and oxygen atoms in total. The minimum Gasteiger partial charge on any atom is -0.478 e. The van der Waals surface area contributed by atoms with Crippen molar-refractivity contribution < 1.29 is 44.6 Å². The third-order valence-electron chi connectivity index (χ3n) is 6.18. The molecule has 12 heteroatoms. The van der Waals surface area contributed by atoms with E-state index in [1.54, 1.807) is 13.8 Å². The summed E-state index contributed by atoms with van der Waals surface area (Å²) in [5.41, 5.74) is -0.970. The molecule has 0 aromatic carbocycles. The van der Waals surface area contributed by atoms with Gasteiger partial charge in [0.2, 0.25) is 0 Å². The molecule has 7 unspecified atom stereocenters. The number of amides is 1. The second-order valence-electron chi connectivity index (χ2n) is 8.66. The summed E-state index contributed by atoms with van der Waals surface area (Å²) in [6.07, 6.45) is -6.79. The van der Waals surface area contributed by atoms with Crippen molar-refractivity contribution in [3.05, 3.63) is 29.1 Å². The van der Waals surface area contributed by atoms with Gasteiger partial charge >= 0.3 is 5.97 Å². The van der Waals surface area contributed by atoms with Crippen LogP contribution in [0.25, 0.3) is 0 Å². The molecule has 3 rings (SSSR count). The lowest BCUT2D eigenvalue weighted by Crippen LogP contribution is -2.59. The molecule has 0 radical (unpaired) electrons. The van der Waals surface area contributed by atoms with E-state index in [0.29, 0.717) is 5.56 Å². The topological polar surface area (TPSA) is 191 Å². The third kappa shape index (κ3) is 4.63. The summed E-state index contributed by atoms with van der Waals surface area (Å²) in [6.45, 7) is 6.26. The van der Waals surface area contributed by atoms with Crippen LogP contribution < -0.4 is 5.32 Å². The molecule has 1 amide bonds. The van der Waals surface area contributed by atoms with Crippen molar-refractivity contribution in [1.29, 1.82) is 0 Å². The number of hydrogen-bond donors (Lipinski definition) is 6. The number of amidine groups is 1. The predicted octanol–water partition coefficient (Wildman–Crippen LogP) is -1.05. The number of aliphatic imine (C=N–C) groups is 1. The van der Waals surface area contributed by atoms with Crippen LogP contribution in [-0.2, 0) is 14.3 Å². The normalized spacial score (nSPS) is 33.1. The number of carboxylic acids is 1. The molecule has 1 saturated heterocycles. The van der Waals surface area contributed by atoms with Gasteiger partial charge in [0.15, 0.2) is 12.1 Å². The first-order valence-corrected chi connectivity index (χ1v) is 10.5. The predicted molar refractivity (Wildman–Crippen MR) is 112 cm³/mol. The molecule has 1 aromatic rings. The van der Waals surface area contributed by atoms with E-state index in [-0.39, 0.29) is 28.9 Å². The summed E-state index contributed by atoms with van der Waals surface area (Å²) >= 11 is 0. The van der Waals surface area contributed by atoms with Gasteiger partial charge < -0.3 is 40.3 Å². The lowest BCUT2D eigenvalue weighted by atomic mass is 9.89. The summed E-state index contributed by atoms with van der Waals surface area (Å²) in [7, 11) is 0. The Bertz CT molecular complexity index is 951. The van der Waals surface area contributed by atoms with Gasteiger partial charge in [-0.2, -0.15) is 0 Å². The second kappa shape index (κ2) is 9.41. The fourth-order valence-electron chi connectivity index (χ4n) is 3.56. The Labute approximate surface area is 189 Å². The highest BCUT2D eigenvalue weighted by molar-refractivity contribution is 6.17. The monoisotopic (exact) mass is 467 g/mol. The third-order valence-corrected chi connectivity index (χ3v) is 6.18. The number of aliphatic hydroxyl groups is 4. The quantitative estimate of drug-likeness (QED) is 0.288. The number of aliphatic hydroxyl groups excluding tert-OH is 4. The largest absolute Gasteiger partial charge is 0.478 e. The summed E-state index contributed by atoms with van der Waals surface area (Å²) in [4.78, 5) is 32.9. The van der Waals surface area contributed by atoms with Crippen LogP contribution in [0.3, 0.4) is 0 Å². The Balaban J connectivity index is 1.86. The van der Waals surface area contributed by atoms with Crippen molar-refractivity contribution in [2.24, 2.45) is 10.9 Å². The Morgan fingerprint density at radius 1 is 1.24 bits per heavy atom. The summed E-state index contributed by atoms with van der Waals surface area (Å²) in [5.74, 6) is -1.72. The fourth-order valence-corrected chi connectivity index (χ4v) is 3.56. The van der Waals surface area contributed by atoms with Crippen molar-refractivity contribution in [1.82, 2.24) is 10.3 Å². The first-order valence-electron chi connectivity index (χ1n) is 10.5. The summed E-state index contributed by atoms with van der Waals surface area (Å²) in [5, 5.41) is 51.6. The van der Waals surface area contributed by atoms with Crippen LogP contribution in [0.4, 0.5) is 0 Å². The lowest BCUT2D eigenvalue weighted by molar-refractivity contribution is -0.311. The van der Waals surface area contributed by atoms with E-state index in [1.165, 1.54) is 12.3 Å². The number of nitrogens with one attached hydrogen (secondary N) is 1. The van der Waals surface area contributed by atoms with E-state index in [4.69, 9.17) is 9.47 Å². The Kier molecular flexibility index (Phi) is 7.17. The van der Waals surface area contributed by atoms with Gasteiger partial charge in [-0.3, -0.25) is 9.78 Å². The first kappa shape index (κ1) is 25.1. The maximum atomic E-state index is 12.4. The Morgan fingerprint density at radius 2 is 1.91 bits per heavy atom. The number of pyridine rings is 1. The maximum absolute atomic E-state index is 12.4. The number of ether oxygens (including phenoxy) is 2. The number of aromatic nitrogens is 1. The molecular weight excluding hydrogens is 438 g/mol. The molecule has 0 spiro atoms. The van der Waals surface area contributed by atoms with Crippen molar-refractivity contribution >= 4 is 17.7 Å². The number of carboxylic acid groups (broad SMARTS) is 1. The molecular formula is C21H29N3O9. The minimum atomic E-state index is -1.61. The second-order valence-corrected chi connectivity index (χ2v) is 8.66. The molecule has 0 aliphatic carbocycles. The molecule has 7 atom stereocenters. The van der Waals surface area contributed by atoms with Crippen LogP contribution in [0.15, 0.2) is 17.3 Å². The van der Waals surface area contributed by atoms with Crippen LogP contribution in [0.1, 0.15) is 55.4 Å². The molecule has 6 N–H and O–H groups in total. The number of aromatic carboxylic acids is 1. The van der Waals surface area contributed by atoms with Gasteiger partial charge in [0.1, 0.15) is 35.6 Å². The lowest BCUT2D eigenvalue weighted by Gasteiger charge is -2.40. The Morgan fingerprint density at radius 3 is 2.45 bits per heavy atom. The first-order chi connectivity index (χ1) is 15.4. The van der Waals surface area contributed by atoms with Crippen LogP contribution in [-0.4, -0.2) is 91.1 Å². The molecule has 0 bridgehead atoms. The zero-order chi connectivity index (χ0) is 24.7. The maximum Gasteiger partial charge on any atom is 0.338 e. The zero-order valence-corrected chi connectivity index (χ0v) is 18.7.